The van der Waals surface area contributed by atoms with Crippen LogP contribution in [-0.4, -0.2) is 25.2 Å². The van der Waals surface area contributed by atoms with E-state index >= 15 is 0 Å². The van der Waals surface area contributed by atoms with Gasteiger partial charge in [0.1, 0.15) is 0 Å². The minimum Gasteiger partial charge on any atom is -0.236 e. The van der Waals surface area contributed by atoms with Gasteiger partial charge < -0.3 is 0 Å². The second-order valence-electron chi connectivity index (χ2n) is 4.29. The highest BCUT2D eigenvalue weighted by Gasteiger charge is 2.09. The van der Waals surface area contributed by atoms with E-state index in [0.717, 1.165) is 11.1 Å². The van der Waals surface area contributed by atoms with Crippen molar-refractivity contribution in [1.29, 1.82) is 5.26 Å². The first-order valence-electron chi connectivity index (χ1n) is 6.00. The number of hydrogen-bond acceptors (Lipinski definition) is 5. The van der Waals surface area contributed by atoms with Crippen molar-refractivity contribution in [1.82, 2.24) is 25.2 Å². The minimum atomic E-state index is 0.468. The monoisotopic (exact) mass is 262 g/mol. The van der Waals surface area contributed by atoms with Gasteiger partial charge in [0, 0.05) is 11.8 Å². The van der Waals surface area contributed by atoms with Crippen LogP contribution in [0.25, 0.3) is 17.2 Å². The summed E-state index contributed by atoms with van der Waals surface area (Å²) in [7, 11) is 0. The molecule has 0 spiro atoms. The van der Waals surface area contributed by atoms with Crippen LogP contribution in [0.5, 0.6) is 0 Å². The predicted molar refractivity (Wildman–Crippen MR) is 71.8 cm³/mol. The molecule has 0 unspecified atom stereocenters. The summed E-state index contributed by atoms with van der Waals surface area (Å²) in [6, 6.07) is 13.1. The number of pyridine rings is 1. The van der Waals surface area contributed by atoms with Gasteiger partial charge in [-0.05, 0) is 48.0 Å². The molecule has 2 heterocycles. The highest BCUT2D eigenvalue weighted by Crippen LogP contribution is 2.18. The fourth-order valence-electron chi connectivity index (χ4n) is 1.88. The molecule has 0 aliphatic heterocycles. The summed E-state index contributed by atoms with van der Waals surface area (Å²) in [5.74, 6) is 1.07. The van der Waals surface area contributed by atoms with Crippen molar-refractivity contribution in [2.45, 2.75) is 6.92 Å². The van der Waals surface area contributed by atoms with Gasteiger partial charge in [0.25, 0.3) is 0 Å². The van der Waals surface area contributed by atoms with Gasteiger partial charge in [0.15, 0.2) is 5.82 Å². The number of nitrogens with zero attached hydrogens (tertiary/aromatic N) is 6. The van der Waals surface area contributed by atoms with Crippen LogP contribution in [0.4, 0.5) is 0 Å². The highest BCUT2D eigenvalue weighted by molar-refractivity contribution is 5.58. The zero-order chi connectivity index (χ0) is 13.9. The summed E-state index contributed by atoms with van der Waals surface area (Å²) in [6.07, 6.45) is 1.67. The summed E-state index contributed by atoms with van der Waals surface area (Å²) in [5, 5.41) is 21.3. The lowest BCUT2D eigenvalue weighted by Gasteiger charge is -1.98. The first-order chi connectivity index (χ1) is 9.76. The summed E-state index contributed by atoms with van der Waals surface area (Å²) >= 11 is 0. The Labute approximate surface area is 115 Å². The molecule has 0 atom stereocenters. The fraction of sp³-hybridized carbons (Fsp3) is 0.0714. The van der Waals surface area contributed by atoms with Crippen LogP contribution in [0.2, 0.25) is 0 Å². The molecule has 6 heteroatoms. The molecule has 2 aromatic heterocycles. The van der Waals surface area contributed by atoms with Crippen LogP contribution in [0.1, 0.15) is 11.1 Å². The molecule has 0 bridgehead atoms. The summed E-state index contributed by atoms with van der Waals surface area (Å²) in [6.45, 7) is 1.92. The number of tetrazole rings is 1. The molecule has 0 fully saturated rings. The zero-order valence-electron chi connectivity index (χ0n) is 10.7. The molecule has 3 aromatic rings. The molecule has 0 aliphatic rings. The molecule has 96 valence electrons. The van der Waals surface area contributed by atoms with Crippen LogP contribution < -0.4 is 0 Å². The molecule has 0 N–H and O–H groups in total. The van der Waals surface area contributed by atoms with Crippen LogP contribution in [0.3, 0.4) is 0 Å². The second kappa shape index (κ2) is 4.90. The second-order valence-corrected chi connectivity index (χ2v) is 4.29. The largest absolute Gasteiger partial charge is 0.236 e. The van der Waals surface area contributed by atoms with Gasteiger partial charge in [-0.25, -0.2) is 4.98 Å². The number of rotatable bonds is 2. The lowest BCUT2D eigenvalue weighted by Crippen LogP contribution is -2.00. The van der Waals surface area contributed by atoms with Crippen LogP contribution in [-0.2, 0) is 0 Å². The van der Waals surface area contributed by atoms with Crippen molar-refractivity contribution in [3.63, 3.8) is 0 Å². The third kappa shape index (κ3) is 2.24. The van der Waals surface area contributed by atoms with Crippen molar-refractivity contribution < 1.29 is 0 Å². The average Bonchev–Trinajstić information content (AvgIpc) is 2.97. The van der Waals surface area contributed by atoms with E-state index in [1.54, 1.807) is 18.3 Å². The summed E-state index contributed by atoms with van der Waals surface area (Å²) in [4.78, 5) is 5.52. The number of benzene rings is 1. The number of aromatic nitrogens is 5. The molecule has 0 saturated heterocycles. The Balaban J connectivity index is 2.03. The maximum absolute atomic E-state index is 8.99. The zero-order valence-corrected chi connectivity index (χ0v) is 10.7. The van der Waals surface area contributed by atoms with Crippen molar-refractivity contribution in [3.8, 4) is 23.3 Å². The van der Waals surface area contributed by atoms with E-state index in [2.05, 4.69) is 26.5 Å². The van der Waals surface area contributed by atoms with Crippen LogP contribution in [0.15, 0.2) is 42.6 Å². The smallest absolute Gasteiger partial charge is 0.205 e. The molecule has 6 nitrogen and oxygen atoms in total. The van der Waals surface area contributed by atoms with Crippen LogP contribution in [0, 0.1) is 18.3 Å². The normalized spacial score (nSPS) is 10.2. The van der Waals surface area contributed by atoms with Crippen molar-refractivity contribution in [2.24, 2.45) is 0 Å². The molecular formula is C14H10N6. The molecule has 0 aliphatic carbocycles. The van der Waals surface area contributed by atoms with Gasteiger partial charge in [0.05, 0.1) is 11.6 Å². The van der Waals surface area contributed by atoms with Gasteiger partial charge in [-0.2, -0.15) is 5.26 Å². The summed E-state index contributed by atoms with van der Waals surface area (Å²) < 4.78 is 0. The van der Waals surface area contributed by atoms with Gasteiger partial charge in [-0.1, -0.05) is 6.07 Å². The van der Waals surface area contributed by atoms with E-state index < -0.39 is 0 Å². The SMILES string of the molecule is Cc1cc(C#N)cc(-c2nnn(-c3ccccn3)n2)c1. The minimum absolute atomic E-state index is 0.468. The van der Waals surface area contributed by atoms with E-state index in [0.29, 0.717) is 17.2 Å². The van der Waals surface area contributed by atoms with Crippen molar-refractivity contribution in [3.05, 3.63) is 53.7 Å². The fourth-order valence-corrected chi connectivity index (χ4v) is 1.88. The van der Waals surface area contributed by atoms with E-state index in [9.17, 15) is 0 Å². The molecule has 0 radical (unpaired) electrons. The van der Waals surface area contributed by atoms with E-state index in [4.69, 9.17) is 5.26 Å². The van der Waals surface area contributed by atoms with Gasteiger partial charge >= 0.3 is 0 Å². The average molecular weight is 262 g/mol. The molecule has 0 amide bonds. The Kier molecular flexibility index (Phi) is 2.94. The predicted octanol–water partition coefficient (Wildman–Crippen LogP) is 1.90. The molecule has 1 aromatic carbocycles. The van der Waals surface area contributed by atoms with Gasteiger partial charge in [-0.3, -0.25) is 0 Å². The van der Waals surface area contributed by atoms with Crippen molar-refractivity contribution >= 4 is 0 Å². The number of hydrogen-bond donors (Lipinski definition) is 0. The first-order valence-corrected chi connectivity index (χ1v) is 6.00. The lowest BCUT2D eigenvalue weighted by atomic mass is 10.1. The Bertz CT molecular complexity index is 785. The van der Waals surface area contributed by atoms with E-state index in [-0.39, 0.29) is 0 Å². The third-order valence-electron chi connectivity index (χ3n) is 2.73. The standard InChI is InChI=1S/C14H10N6/c1-10-6-11(9-15)8-12(7-10)14-17-19-20(18-14)13-4-2-3-5-16-13/h2-8H,1H3. The van der Waals surface area contributed by atoms with Gasteiger partial charge in [0.2, 0.25) is 5.82 Å². The highest BCUT2D eigenvalue weighted by atomic mass is 15.6. The number of nitriles is 1. The van der Waals surface area contributed by atoms with E-state index in [1.165, 1.54) is 4.80 Å². The molecule has 20 heavy (non-hydrogen) atoms. The van der Waals surface area contributed by atoms with E-state index in [1.807, 2.05) is 31.2 Å². The maximum atomic E-state index is 8.99. The summed E-state index contributed by atoms with van der Waals surface area (Å²) in [5.41, 5.74) is 2.33. The Hall–Kier alpha value is -3.07. The Morgan fingerprint density at radius 1 is 1.20 bits per heavy atom. The molecule has 3 rings (SSSR count). The molecular weight excluding hydrogens is 252 g/mol. The van der Waals surface area contributed by atoms with Crippen molar-refractivity contribution in [2.75, 3.05) is 0 Å². The maximum Gasteiger partial charge on any atom is 0.205 e. The Morgan fingerprint density at radius 3 is 2.85 bits per heavy atom. The quantitative estimate of drug-likeness (QED) is 0.704. The third-order valence-corrected chi connectivity index (χ3v) is 2.73. The first kappa shape index (κ1) is 12.0. The number of aryl methyl sites for hydroxylation is 1. The topological polar surface area (TPSA) is 80.3 Å². The van der Waals surface area contributed by atoms with Crippen LogP contribution >= 0.6 is 0 Å². The lowest BCUT2D eigenvalue weighted by molar-refractivity contribution is 0.701. The van der Waals surface area contributed by atoms with Gasteiger partial charge in [-0.15, -0.1) is 15.0 Å². The Morgan fingerprint density at radius 2 is 2.10 bits per heavy atom. The molecule has 0 saturated carbocycles.